The second-order valence-electron chi connectivity index (χ2n) is 8.24. The van der Waals surface area contributed by atoms with Crippen molar-refractivity contribution in [1.82, 2.24) is 10.2 Å². The molecule has 0 bridgehead atoms. The summed E-state index contributed by atoms with van der Waals surface area (Å²) in [5.41, 5.74) is -4.47. The third-order valence-corrected chi connectivity index (χ3v) is 5.32. The van der Waals surface area contributed by atoms with Crippen molar-refractivity contribution in [2.45, 2.75) is 64.3 Å². The van der Waals surface area contributed by atoms with Crippen LogP contribution in [-0.2, 0) is 19.1 Å². The summed E-state index contributed by atoms with van der Waals surface area (Å²) >= 11 is 0. The van der Waals surface area contributed by atoms with Gasteiger partial charge in [0.25, 0.3) is 5.91 Å². The fourth-order valence-electron chi connectivity index (χ4n) is 4.27. The van der Waals surface area contributed by atoms with Gasteiger partial charge in [-0.2, -0.15) is 13.2 Å². The molecule has 0 radical (unpaired) electrons. The number of rotatable bonds is 3. The van der Waals surface area contributed by atoms with E-state index in [0.717, 1.165) is 18.2 Å². The van der Waals surface area contributed by atoms with Gasteiger partial charge >= 0.3 is 6.18 Å². The van der Waals surface area contributed by atoms with Crippen molar-refractivity contribution < 1.29 is 32.3 Å². The molecule has 2 amide bonds. The molecule has 1 fully saturated rings. The molecule has 0 aromatic carbocycles. The van der Waals surface area contributed by atoms with Crippen LogP contribution in [0.15, 0.2) is 11.3 Å². The van der Waals surface area contributed by atoms with Gasteiger partial charge in [-0.3, -0.25) is 14.4 Å². The molecule has 0 spiro atoms. The SMILES string of the molecule is CC(=O)NC1(C(F)(F)F)C(=O)N(CC2CCCO2)C2=C1C(=O)CC(C)(C)C2. The molecule has 2 unspecified atom stereocenters. The first kappa shape index (κ1) is 19.9. The summed E-state index contributed by atoms with van der Waals surface area (Å²) in [7, 11) is 0. The van der Waals surface area contributed by atoms with Crippen molar-refractivity contribution in [2.24, 2.45) is 5.41 Å². The van der Waals surface area contributed by atoms with Crippen LogP contribution in [0.25, 0.3) is 0 Å². The van der Waals surface area contributed by atoms with E-state index in [-0.39, 0.29) is 31.2 Å². The minimum absolute atomic E-state index is 0.0571. The Kier molecular flexibility index (Phi) is 4.65. The van der Waals surface area contributed by atoms with Crippen molar-refractivity contribution in [3.63, 3.8) is 0 Å². The molecule has 150 valence electrons. The summed E-state index contributed by atoms with van der Waals surface area (Å²) in [5.74, 6) is -3.10. The number of alkyl halides is 3. The third kappa shape index (κ3) is 3.15. The highest BCUT2D eigenvalue weighted by atomic mass is 19.4. The number of hydrogen-bond donors (Lipinski definition) is 1. The molecule has 0 saturated carbocycles. The number of amides is 2. The Morgan fingerprint density at radius 2 is 1.96 bits per heavy atom. The number of carbonyl (C=O) groups is 3. The van der Waals surface area contributed by atoms with Gasteiger partial charge < -0.3 is 15.0 Å². The fraction of sp³-hybridized carbons (Fsp3) is 0.722. The molecule has 6 nitrogen and oxygen atoms in total. The van der Waals surface area contributed by atoms with E-state index >= 15 is 0 Å². The summed E-state index contributed by atoms with van der Waals surface area (Å²) in [4.78, 5) is 38.4. The molecule has 9 heteroatoms. The number of hydrogen-bond acceptors (Lipinski definition) is 4. The molecule has 0 aromatic rings. The summed E-state index contributed by atoms with van der Waals surface area (Å²) in [6.07, 6.45) is -4.11. The van der Waals surface area contributed by atoms with Crippen LogP contribution in [0.5, 0.6) is 0 Å². The predicted octanol–water partition coefficient (Wildman–Crippen LogP) is 2.09. The van der Waals surface area contributed by atoms with Gasteiger partial charge in [-0.05, 0) is 24.7 Å². The second-order valence-corrected chi connectivity index (χ2v) is 8.24. The first-order valence-electron chi connectivity index (χ1n) is 8.95. The van der Waals surface area contributed by atoms with Gasteiger partial charge in [-0.25, -0.2) is 0 Å². The van der Waals surface area contributed by atoms with E-state index in [1.807, 2.05) is 0 Å². The Labute approximate surface area is 155 Å². The number of halogens is 3. The summed E-state index contributed by atoms with van der Waals surface area (Å²) < 4.78 is 48.0. The Balaban J connectivity index is 2.16. The number of nitrogens with zero attached hydrogens (tertiary/aromatic N) is 1. The highest BCUT2D eigenvalue weighted by Gasteiger charge is 2.71. The molecule has 1 aliphatic carbocycles. The zero-order valence-corrected chi connectivity index (χ0v) is 15.5. The molecular weight excluding hydrogens is 365 g/mol. The van der Waals surface area contributed by atoms with Gasteiger partial charge in [0.15, 0.2) is 5.78 Å². The second kappa shape index (κ2) is 6.32. The van der Waals surface area contributed by atoms with E-state index in [9.17, 15) is 27.6 Å². The summed E-state index contributed by atoms with van der Waals surface area (Å²) in [6.45, 7) is 4.88. The maximum absolute atomic E-state index is 14.2. The average molecular weight is 388 g/mol. The number of allylic oxidation sites excluding steroid dienone is 1. The van der Waals surface area contributed by atoms with Crippen LogP contribution in [0.3, 0.4) is 0 Å². The van der Waals surface area contributed by atoms with Crippen molar-refractivity contribution >= 4 is 17.6 Å². The molecular formula is C18H23F3N2O4. The molecule has 3 aliphatic rings. The fourth-order valence-corrected chi connectivity index (χ4v) is 4.27. The molecule has 3 rings (SSSR count). The lowest BCUT2D eigenvalue weighted by Gasteiger charge is -2.35. The first-order chi connectivity index (χ1) is 12.4. The smallest absolute Gasteiger partial charge is 0.376 e. The van der Waals surface area contributed by atoms with Crippen LogP contribution < -0.4 is 5.32 Å². The topological polar surface area (TPSA) is 75.7 Å². The largest absolute Gasteiger partial charge is 0.425 e. The minimum Gasteiger partial charge on any atom is -0.376 e. The monoisotopic (exact) mass is 388 g/mol. The van der Waals surface area contributed by atoms with E-state index in [0.29, 0.717) is 13.0 Å². The van der Waals surface area contributed by atoms with Gasteiger partial charge in [-0.1, -0.05) is 13.8 Å². The molecule has 1 saturated heterocycles. The van der Waals surface area contributed by atoms with E-state index in [1.165, 1.54) is 0 Å². The first-order valence-corrected chi connectivity index (χ1v) is 8.95. The molecule has 2 atom stereocenters. The van der Waals surface area contributed by atoms with Crippen LogP contribution in [0.2, 0.25) is 0 Å². The van der Waals surface area contributed by atoms with Crippen LogP contribution >= 0.6 is 0 Å². The number of nitrogens with one attached hydrogen (secondary N) is 1. The molecule has 2 aliphatic heterocycles. The Bertz CT molecular complexity index is 723. The van der Waals surface area contributed by atoms with Gasteiger partial charge in [-0.15, -0.1) is 0 Å². The van der Waals surface area contributed by atoms with E-state index in [2.05, 4.69) is 0 Å². The molecule has 1 N–H and O–H groups in total. The summed E-state index contributed by atoms with van der Waals surface area (Å²) in [5, 5.41) is 1.78. The maximum Gasteiger partial charge on any atom is 0.425 e. The van der Waals surface area contributed by atoms with E-state index < -0.39 is 40.3 Å². The van der Waals surface area contributed by atoms with E-state index in [4.69, 9.17) is 4.74 Å². The predicted molar refractivity (Wildman–Crippen MR) is 88.3 cm³/mol. The van der Waals surface area contributed by atoms with Gasteiger partial charge in [0, 0.05) is 25.6 Å². The highest BCUT2D eigenvalue weighted by Crippen LogP contribution is 2.51. The van der Waals surface area contributed by atoms with Crippen molar-refractivity contribution in [3.05, 3.63) is 11.3 Å². The van der Waals surface area contributed by atoms with E-state index in [1.54, 1.807) is 19.2 Å². The Morgan fingerprint density at radius 3 is 2.48 bits per heavy atom. The minimum atomic E-state index is -5.14. The number of Topliss-reactive ketones (excluding diaryl/α,β-unsaturated/α-hetero) is 1. The zero-order valence-electron chi connectivity index (χ0n) is 15.5. The summed E-state index contributed by atoms with van der Waals surface area (Å²) in [6, 6.07) is 0. The van der Waals surface area contributed by atoms with Crippen LogP contribution in [0, 0.1) is 5.41 Å². The lowest BCUT2D eigenvalue weighted by Crippen LogP contribution is -2.66. The van der Waals surface area contributed by atoms with Gasteiger partial charge in [0.1, 0.15) is 0 Å². The van der Waals surface area contributed by atoms with Crippen LogP contribution in [0.1, 0.15) is 46.5 Å². The maximum atomic E-state index is 14.2. The Morgan fingerprint density at radius 1 is 1.30 bits per heavy atom. The van der Waals surface area contributed by atoms with Crippen molar-refractivity contribution in [1.29, 1.82) is 0 Å². The van der Waals surface area contributed by atoms with Crippen molar-refractivity contribution in [3.8, 4) is 0 Å². The molecule has 2 heterocycles. The standard InChI is InChI=1S/C18H23F3N2O4/c1-10(24)22-17(18(19,20)21)14-12(7-16(2,3)8-13(14)25)23(15(17)26)9-11-5-4-6-27-11/h11H,4-9H2,1-3H3,(H,22,24). The quantitative estimate of drug-likeness (QED) is 0.803. The molecule has 0 aromatic heterocycles. The number of ketones is 1. The zero-order chi connectivity index (χ0) is 20.2. The lowest BCUT2D eigenvalue weighted by molar-refractivity contribution is -0.194. The normalized spacial score (nSPS) is 30.7. The number of carbonyl (C=O) groups excluding carboxylic acids is 3. The number of ether oxygens (including phenoxy) is 1. The van der Waals surface area contributed by atoms with Gasteiger partial charge in [0.2, 0.25) is 11.4 Å². The van der Waals surface area contributed by atoms with Gasteiger partial charge in [0.05, 0.1) is 18.2 Å². The molecule has 27 heavy (non-hydrogen) atoms. The van der Waals surface area contributed by atoms with Crippen molar-refractivity contribution in [2.75, 3.05) is 13.2 Å². The van der Waals surface area contributed by atoms with Crippen LogP contribution in [0.4, 0.5) is 13.2 Å². The average Bonchev–Trinajstić information content (AvgIpc) is 3.06. The Hall–Kier alpha value is -1.90. The third-order valence-electron chi connectivity index (χ3n) is 5.32. The highest BCUT2D eigenvalue weighted by molar-refractivity contribution is 6.13. The van der Waals surface area contributed by atoms with Crippen LogP contribution in [-0.4, -0.2) is 53.5 Å². The lowest BCUT2D eigenvalue weighted by atomic mass is 9.72.